The van der Waals surface area contributed by atoms with Crippen molar-refractivity contribution < 1.29 is 13.2 Å². The minimum absolute atomic E-state index is 0.0848. The maximum Gasteiger partial charge on any atom is 0.191 e. The van der Waals surface area contributed by atoms with Gasteiger partial charge >= 0.3 is 0 Å². The molecule has 0 spiro atoms. The van der Waals surface area contributed by atoms with Crippen LogP contribution in [-0.2, 0) is 23.3 Å². The number of carbonyl (C=O) groups is 1. The van der Waals surface area contributed by atoms with Gasteiger partial charge in [0.15, 0.2) is 20.8 Å². The second-order valence-corrected chi connectivity index (χ2v) is 11.8. The topological polar surface area (TPSA) is 81.9 Å². The van der Waals surface area contributed by atoms with E-state index in [1.54, 1.807) is 0 Å². The summed E-state index contributed by atoms with van der Waals surface area (Å²) < 4.78 is 25.2. The molecule has 30 heavy (non-hydrogen) atoms. The second-order valence-electron chi connectivity index (χ2n) is 8.60. The smallest absolute Gasteiger partial charge is 0.191 e. The van der Waals surface area contributed by atoms with Crippen LogP contribution in [0.3, 0.4) is 0 Å². The van der Waals surface area contributed by atoms with Crippen LogP contribution in [0.4, 0.5) is 0 Å². The molecule has 1 saturated heterocycles. The molecule has 1 aromatic carbocycles. The minimum Gasteiger partial charge on any atom is -0.309 e. The Labute approximate surface area is 182 Å². The Balaban J connectivity index is 1.32. The maximum absolute atomic E-state index is 12.6. The molecule has 2 aromatic rings. The monoisotopic (exact) mass is 447 g/mol. The average molecular weight is 448 g/mol. The number of Topliss-reactive ketones (excluding diaryl/α,β-unsaturated/α-hetero) is 1. The van der Waals surface area contributed by atoms with E-state index in [1.807, 2.05) is 23.7 Å². The first-order valence-electron chi connectivity index (χ1n) is 10.8. The first-order chi connectivity index (χ1) is 14.4. The first kappa shape index (κ1) is 21.6. The third-order valence-electron chi connectivity index (χ3n) is 6.36. The van der Waals surface area contributed by atoms with Gasteiger partial charge < -0.3 is 4.57 Å². The fourth-order valence-corrected chi connectivity index (χ4v) is 7.22. The van der Waals surface area contributed by atoms with Crippen molar-refractivity contribution in [3.63, 3.8) is 0 Å². The summed E-state index contributed by atoms with van der Waals surface area (Å²) in [7, 11) is -1.01. The van der Waals surface area contributed by atoms with Gasteiger partial charge in [0.2, 0.25) is 0 Å². The SMILES string of the molecule is Cn1c(CC2CCS(=O)(=O)C2)nnc1SCC(=O)c1ccc(C2CCCCC2)cc1. The zero-order valence-corrected chi connectivity index (χ0v) is 19.1. The van der Waals surface area contributed by atoms with E-state index in [0.29, 0.717) is 29.7 Å². The number of ketones is 1. The third kappa shape index (κ3) is 5.14. The third-order valence-corrected chi connectivity index (χ3v) is 9.22. The van der Waals surface area contributed by atoms with Gasteiger partial charge in [0, 0.05) is 19.0 Å². The Kier molecular flexibility index (Phi) is 6.63. The molecule has 1 aliphatic carbocycles. The molecule has 1 saturated carbocycles. The summed E-state index contributed by atoms with van der Waals surface area (Å²) in [5.74, 6) is 2.44. The summed E-state index contributed by atoms with van der Waals surface area (Å²) in [4.78, 5) is 12.6. The molecule has 2 fully saturated rings. The fourth-order valence-electron chi connectivity index (χ4n) is 4.53. The second kappa shape index (κ2) is 9.22. The Morgan fingerprint density at radius 1 is 1.10 bits per heavy atom. The molecule has 0 amide bonds. The highest BCUT2D eigenvalue weighted by molar-refractivity contribution is 7.99. The lowest BCUT2D eigenvalue weighted by atomic mass is 9.84. The van der Waals surface area contributed by atoms with Gasteiger partial charge in [-0.2, -0.15) is 0 Å². The van der Waals surface area contributed by atoms with Crippen molar-refractivity contribution in [2.75, 3.05) is 17.3 Å². The predicted molar refractivity (Wildman–Crippen MR) is 119 cm³/mol. The minimum atomic E-state index is -2.89. The number of thioether (sulfide) groups is 1. The molecule has 8 heteroatoms. The maximum atomic E-state index is 12.6. The lowest BCUT2D eigenvalue weighted by Gasteiger charge is -2.22. The van der Waals surface area contributed by atoms with Crippen LogP contribution in [0.5, 0.6) is 0 Å². The largest absolute Gasteiger partial charge is 0.309 e. The van der Waals surface area contributed by atoms with Crippen molar-refractivity contribution in [2.24, 2.45) is 13.0 Å². The van der Waals surface area contributed by atoms with Crippen molar-refractivity contribution in [3.05, 3.63) is 41.2 Å². The number of hydrogen-bond donors (Lipinski definition) is 0. The van der Waals surface area contributed by atoms with Crippen LogP contribution in [0.25, 0.3) is 0 Å². The van der Waals surface area contributed by atoms with Gasteiger partial charge in [-0.05, 0) is 36.7 Å². The molecule has 162 valence electrons. The lowest BCUT2D eigenvalue weighted by Crippen LogP contribution is -2.11. The summed E-state index contributed by atoms with van der Waals surface area (Å²) in [5.41, 5.74) is 2.09. The van der Waals surface area contributed by atoms with Crippen LogP contribution in [0.1, 0.15) is 66.2 Å². The van der Waals surface area contributed by atoms with Crippen molar-refractivity contribution in [1.82, 2.24) is 14.8 Å². The summed E-state index contributed by atoms with van der Waals surface area (Å²) >= 11 is 1.38. The first-order valence-corrected chi connectivity index (χ1v) is 13.6. The van der Waals surface area contributed by atoms with Gasteiger partial charge in [0.05, 0.1) is 17.3 Å². The van der Waals surface area contributed by atoms with Gasteiger partial charge in [0.1, 0.15) is 5.82 Å². The molecule has 1 aromatic heterocycles. The molecule has 0 bridgehead atoms. The van der Waals surface area contributed by atoms with Gasteiger partial charge in [-0.1, -0.05) is 55.3 Å². The molecular formula is C22H29N3O3S2. The van der Waals surface area contributed by atoms with E-state index >= 15 is 0 Å². The summed E-state index contributed by atoms with van der Waals surface area (Å²) in [6.07, 6.45) is 7.76. The fraction of sp³-hybridized carbons (Fsp3) is 0.591. The molecule has 4 rings (SSSR count). The lowest BCUT2D eigenvalue weighted by molar-refractivity contribution is 0.102. The van der Waals surface area contributed by atoms with Crippen LogP contribution >= 0.6 is 11.8 Å². The summed E-state index contributed by atoms with van der Waals surface area (Å²) in [5, 5.41) is 9.13. The molecule has 0 N–H and O–H groups in total. The molecule has 1 aliphatic heterocycles. The van der Waals surface area contributed by atoms with E-state index in [0.717, 1.165) is 11.4 Å². The Morgan fingerprint density at radius 3 is 2.50 bits per heavy atom. The number of hydrogen-bond acceptors (Lipinski definition) is 6. The normalized spacial score (nSPS) is 21.7. The van der Waals surface area contributed by atoms with E-state index in [-0.39, 0.29) is 23.2 Å². The van der Waals surface area contributed by atoms with Crippen LogP contribution in [0, 0.1) is 5.92 Å². The highest BCUT2D eigenvalue weighted by Gasteiger charge is 2.29. The predicted octanol–water partition coefficient (Wildman–Crippen LogP) is 3.82. The van der Waals surface area contributed by atoms with Gasteiger partial charge in [-0.3, -0.25) is 4.79 Å². The zero-order valence-electron chi connectivity index (χ0n) is 17.4. The van der Waals surface area contributed by atoms with E-state index in [1.165, 1.54) is 49.4 Å². The summed E-state index contributed by atoms with van der Waals surface area (Å²) in [6.45, 7) is 0. The number of nitrogens with zero attached hydrogens (tertiary/aromatic N) is 3. The highest BCUT2D eigenvalue weighted by Crippen LogP contribution is 2.32. The number of aromatic nitrogens is 3. The van der Waals surface area contributed by atoms with E-state index < -0.39 is 9.84 Å². The molecule has 1 atom stereocenters. The Bertz CT molecular complexity index is 993. The Hall–Kier alpha value is -1.67. The van der Waals surface area contributed by atoms with E-state index in [9.17, 15) is 13.2 Å². The Morgan fingerprint density at radius 2 is 1.83 bits per heavy atom. The molecular weight excluding hydrogens is 418 g/mol. The molecule has 0 radical (unpaired) electrons. The quantitative estimate of drug-likeness (QED) is 0.474. The van der Waals surface area contributed by atoms with Crippen LogP contribution in [-0.4, -0.2) is 46.2 Å². The average Bonchev–Trinajstić information content (AvgIpc) is 3.28. The van der Waals surface area contributed by atoms with E-state index in [2.05, 4.69) is 22.3 Å². The van der Waals surface area contributed by atoms with E-state index in [4.69, 9.17) is 0 Å². The number of rotatable bonds is 7. The molecule has 2 aliphatic rings. The van der Waals surface area contributed by atoms with Crippen LogP contribution in [0.2, 0.25) is 0 Å². The highest BCUT2D eigenvalue weighted by atomic mass is 32.2. The number of carbonyl (C=O) groups excluding carboxylic acids is 1. The zero-order chi connectivity index (χ0) is 21.1. The van der Waals surface area contributed by atoms with Crippen LogP contribution in [0.15, 0.2) is 29.4 Å². The van der Waals surface area contributed by atoms with Gasteiger partial charge in [-0.15, -0.1) is 10.2 Å². The summed E-state index contributed by atoms with van der Waals surface area (Å²) in [6, 6.07) is 8.14. The molecule has 1 unspecified atom stereocenters. The van der Waals surface area contributed by atoms with Crippen molar-refractivity contribution in [2.45, 2.75) is 56.0 Å². The van der Waals surface area contributed by atoms with Gasteiger partial charge in [-0.25, -0.2) is 8.42 Å². The number of benzene rings is 1. The van der Waals surface area contributed by atoms with Gasteiger partial charge in [0.25, 0.3) is 0 Å². The molecule has 2 heterocycles. The van der Waals surface area contributed by atoms with Crippen molar-refractivity contribution in [1.29, 1.82) is 0 Å². The van der Waals surface area contributed by atoms with Crippen molar-refractivity contribution >= 4 is 27.4 Å². The standard InChI is InChI=1S/C22H29N3O3S2/c1-25-21(13-16-11-12-30(27,28)15-16)23-24-22(25)29-14-20(26)19-9-7-18(8-10-19)17-5-3-2-4-6-17/h7-10,16-17H,2-6,11-15H2,1H3. The molecule has 6 nitrogen and oxygen atoms in total. The van der Waals surface area contributed by atoms with Crippen LogP contribution < -0.4 is 0 Å². The van der Waals surface area contributed by atoms with Crippen molar-refractivity contribution in [3.8, 4) is 0 Å². The number of sulfone groups is 1.